The second-order valence-corrected chi connectivity index (χ2v) is 5.14. The molecule has 1 saturated carbocycles. The van der Waals surface area contributed by atoms with Crippen molar-refractivity contribution in [3.63, 3.8) is 0 Å². The van der Waals surface area contributed by atoms with Gasteiger partial charge in [-0.2, -0.15) is 0 Å². The Hall–Kier alpha value is -2.69. The first-order valence-corrected chi connectivity index (χ1v) is 6.75. The molecule has 1 amide bonds. The molecule has 1 N–H and O–H groups in total. The molecule has 0 bridgehead atoms. The minimum Gasteiger partial charge on any atom is -0.349 e. The van der Waals surface area contributed by atoms with E-state index in [0.29, 0.717) is 11.5 Å². The van der Waals surface area contributed by atoms with Crippen LogP contribution in [-0.4, -0.2) is 16.9 Å². The Bertz CT molecular complexity index is 668. The van der Waals surface area contributed by atoms with Crippen LogP contribution in [0.2, 0.25) is 0 Å². The van der Waals surface area contributed by atoms with Crippen molar-refractivity contribution in [1.29, 1.82) is 0 Å². The molecule has 0 aromatic heterocycles. The molecule has 1 aliphatic carbocycles. The first kappa shape index (κ1) is 13.3. The van der Waals surface area contributed by atoms with E-state index in [4.69, 9.17) is 0 Å². The highest BCUT2D eigenvalue weighted by Gasteiger charge is 2.39. The molecule has 0 aliphatic heterocycles. The zero-order valence-corrected chi connectivity index (χ0v) is 11.2. The first-order valence-electron chi connectivity index (χ1n) is 6.75. The van der Waals surface area contributed by atoms with E-state index in [1.807, 2.05) is 18.2 Å². The number of nitro benzene ring substituents is 1. The number of carbonyl (C=O) groups is 1. The molecule has 0 unspecified atom stereocenters. The Morgan fingerprint density at radius 1 is 1.10 bits per heavy atom. The molecule has 5 nitrogen and oxygen atoms in total. The van der Waals surface area contributed by atoms with Crippen LogP contribution in [0, 0.1) is 10.1 Å². The molecule has 21 heavy (non-hydrogen) atoms. The summed E-state index contributed by atoms with van der Waals surface area (Å²) in [6.07, 6.45) is 0.933. The Balaban J connectivity index is 1.62. The van der Waals surface area contributed by atoms with Crippen molar-refractivity contribution in [2.45, 2.75) is 18.4 Å². The third kappa shape index (κ3) is 2.91. The van der Waals surface area contributed by atoms with Crippen LogP contribution in [0.4, 0.5) is 5.69 Å². The van der Waals surface area contributed by atoms with E-state index in [9.17, 15) is 14.9 Å². The van der Waals surface area contributed by atoms with Gasteiger partial charge in [-0.05, 0) is 24.1 Å². The lowest BCUT2D eigenvalue weighted by Gasteiger charge is -2.05. The maximum absolute atomic E-state index is 12.1. The molecule has 106 valence electrons. The Morgan fingerprint density at radius 2 is 1.76 bits per heavy atom. The van der Waals surface area contributed by atoms with Crippen LogP contribution in [0.15, 0.2) is 54.6 Å². The van der Waals surface area contributed by atoms with Gasteiger partial charge in [-0.15, -0.1) is 0 Å². The lowest BCUT2D eigenvalue weighted by Crippen LogP contribution is -2.26. The van der Waals surface area contributed by atoms with Gasteiger partial charge in [0.25, 0.3) is 11.6 Å². The summed E-state index contributed by atoms with van der Waals surface area (Å²) in [7, 11) is 0. The van der Waals surface area contributed by atoms with Crippen molar-refractivity contribution in [3.8, 4) is 0 Å². The zero-order valence-electron chi connectivity index (χ0n) is 11.2. The normalized spacial score (nSPS) is 19.8. The van der Waals surface area contributed by atoms with E-state index in [2.05, 4.69) is 17.4 Å². The monoisotopic (exact) mass is 282 g/mol. The van der Waals surface area contributed by atoms with Gasteiger partial charge in [0.15, 0.2) is 0 Å². The average molecular weight is 282 g/mol. The summed E-state index contributed by atoms with van der Waals surface area (Å²) in [6, 6.07) is 15.9. The number of non-ortho nitro benzene ring substituents is 1. The molecule has 0 heterocycles. The van der Waals surface area contributed by atoms with Crippen LogP contribution in [-0.2, 0) is 0 Å². The van der Waals surface area contributed by atoms with Crippen molar-refractivity contribution in [1.82, 2.24) is 5.32 Å². The lowest BCUT2D eigenvalue weighted by atomic mass is 10.1. The highest BCUT2D eigenvalue weighted by atomic mass is 16.6. The van der Waals surface area contributed by atoms with Crippen LogP contribution in [0.1, 0.15) is 28.3 Å². The number of nitrogens with zero attached hydrogens (tertiary/aromatic N) is 1. The van der Waals surface area contributed by atoms with Gasteiger partial charge >= 0.3 is 0 Å². The molecule has 0 radical (unpaired) electrons. The number of hydrogen-bond donors (Lipinski definition) is 1. The summed E-state index contributed by atoms with van der Waals surface area (Å²) in [5.41, 5.74) is 1.66. The predicted octanol–water partition coefficient (Wildman–Crippen LogP) is 2.88. The minimum absolute atomic E-state index is 0.0138. The van der Waals surface area contributed by atoms with Crippen LogP contribution in [0.5, 0.6) is 0 Å². The van der Waals surface area contributed by atoms with Crippen LogP contribution < -0.4 is 5.32 Å². The lowest BCUT2D eigenvalue weighted by molar-refractivity contribution is -0.384. The summed E-state index contributed by atoms with van der Waals surface area (Å²) in [5, 5.41) is 13.5. The van der Waals surface area contributed by atoms with E-state index >= 15 is 0 Å². The fourth-order valence-electron chi connectivity index (χ4n) is 2.41. The Labute approximate surface area is 121 Å². The highest BCUT2D eigenvalue weighted by molar-refractivity contribution is 5.94. The molecular weight excluding hydrogens is 268 g/mol. The van der Waals surface area contributed by atoms with Gasteiger partial charge in [0.2, 0.25) is 0 Å². The number of nitro groups is 1. The van der Waals surface area contributed by atoms with E-state index in [1.54, 1.807) is 0 Å². The van der Waals surface area contributed by atoms with Gasteiger partial charge < -0.3 is 5.32 Å². The number of rotatable bonds is 4. The Kier molecular flexibility index (Phi) is 3.39. The van der Waals surface area contributed by atoms with Gasteiger partial charge in [0, 0.05) is 29.7 Å². The fourth-order valence-corrected chi connectivity index (χ4v) is 2.41. The van der Waals surface area contributed by atoms with Crippen LogP contribution in [0.25, 0.3) is 0 Å². The fraction of sp³-hybridized carbons (Fsp3) is 0.188. The van der Waals surface area contributed by atoms with Crippen molar-refractivity contribution >= 4 is 11.6 Å². The van der Waals surface area contributed by atoms with Crippen LogP contribution >= 0.6 is 0 Å². The molecule has 2 aromatic carbocycles. The third-order valence-electron chi connectivity index (χ3n) is 3.67. The summed E-state index contributed by atoms with van der Waals surface area (Å²) < 4.78 is 0. The van der Waals surface area contributed by atoms with Crippen molar-refractivity contribution < 1.29 is 9.72 Å². The SMILES string of the molecule is O=C(N[C@H]1C[C@H]1c1ccccc1)c1ccc([N+](=O)[O-])cc1. The first-order chi connectivity index (χ1) is 10.1. The largest absolute Gasteiger partial charge is 0.349 e. The smallest absolute Gasteiger partial charge is 0.269 e. The molecule has 2 aromatic rings. The van der Waals surface area contributed by atoms with E-state index in [1.165, 1.54) is 29.8 Å². The topological polar surface area (TPSA) is 72.2 Å². The van der Waals surface area contributed by atoms with Crippen molar-refractivity contribution in [3.05, 3.63) is 75.8 Å². The van der Waals surface area contributed by atoms with E-state index < -0.39 is 4.92 Å². The maximum atomic E-state index is 12.1. The molecule has 5 heteroatoms. The number of benzene rings is 2. The van der Waals surface area contributed by atoms with Crippen LogP contribution in [0.3, 0.4) is 0 Å². The molecule has 3 rings (SSSR count). The molecule has 0 saturated heterocycles. The Morgan fingerprint density at radius 3 is 2.38 bits per heavy atom. The maximum Gasteiger partial charge on any atom is 0.269 e. The van der Waals surface area contributed by atoms with E-state index in [0.717, 1.165) is 6.42 Å². The zero-order chi connectivity index (χ0) is 14.8. The number of carbonyl (C=O) groups excluding carboxylic acids is 1. The molecule has 1 fully saturated rings. The molecular formula is C16H14N2O3. The third-order valence-corrected chi connectivity index (χ3v) is 3.67. The quantitative estimate of drug-likeness (QED) is 0.692. The second kappa shape index (κ2) is 5.36. The standard InChI is InChI=1S/C16H14N2O3/c19-16(12-6-8-13(9-7-12)18(20)21)17-15-10-14(15)11-4-2-1-3-5-11/h1-9,14-15H,10H2,(H,17,19)/t14-,15-/m0/s1. The van der Waals surface area contributed by atoms with Gasteiger partial charge in [0.1, 0.15) is 0 Å². The van der Waals surface area contributed by atoms with Gasteiger partial charge in [0.05, 0.1) is 4.92 Å². The summed E-state index contributed by atoms with van der Waals surface area (Å²) in [6.45, 7) is 0. The number of nitrogens with one attached hydrogen (secondary N) is 1. The molecule has 0 spiro atoms. The summed E-state index contributed by atoms with van der Waals surface area (Å²) >= 11 is 0. The molecule has 2 atom stereocenters. The highest BCUT2D eigenvalue weighted by Crippen LogP contribution is 2.40. The van der Waals surface area contributed by atoms with Crippen molar-refractivity contribution in [2.75, 3.05) is 0 Å². The average Bonchev–Trinajstić information content (AvgIpc) is 3.27. The van der Waals surface area contributed by atoms with Gasteiger partial charge in [-0.25, -0.2) is 0 Å². The summed E-state index contributed by atoms with van der Waals surface area (Å²) in [5.74, 6) is 0.182. The van der Waals surface area contributed by atoms with Gasteiger partial charge in [-0.3, -0.25) is 14.9 Å². The number of hydrogen-bond acceptors (Lipinski definition) is 3. The minimum atomic E-state index is -0.478. The van der Waals surface area contributed by atoms with Crippen molar-refractivity contribution in [2.24, 2.45) is 0 Å². The second-order valence-electron chi connectivity index (χ2n) is 5.14. The molecule has 1 aliphatic rings. The predicted molar refractivity (Wildman–Crippen MR) is 78.2 cm³/mol. The summed E-state index contributed by atoms with van der Waals surface area (Å²) in [4.78, 5) is 22.2. The number of amides is 1. The van der Waals surface area contributed by atoms with E-state index in [-0.39, 0.29) is 17.6 Å². The van der Waals surface area contributed by atoms with Gasteiger partial charge in [-0.1, -0.05) is 30.3 Å².